The fourth-order valence-electron chi connectivity index (χ4n) is 4.05. The van der Waals surface area contributed by atoms with E-state index in [9.17, 15) is 18.0 Å². The van der Waals surface area contributed by atoms with Crippen LogP contribution >= 0.6 is 0 Å². The molecule has 1 N–H and O–H groups in total. The number of pyridine rings is 1. The smallest absolute Gasteiger partial charge is 0.357 e. The average Bonchev–Trinajstić information content (AvgIpc) is 3.23. The zero-order valence-corrected chi connectivity index (χ0v) is 18.6. The topological polar surface area (TPSA) is 88.3 Å². The number of amides is 1. The van der Waals surface area contributed by atoms with Gasteiger partial charge in [-0.2, -0.15) is 18.2 Å². The lowest BCUT2D eigenvalue weighted by molar-refractivity contribution is -0.144. The maximum absolute atomic E-state index is 12.9. The highest BCUT2D eigenvalue weighted by Gasteiger charge is 2.37. The molecule has 3 aromatic heterocycles. The Morgan fingerprint density at radius 2 is 1.88 bits per heavy atom. The molecular weight excluding hydrogens is 435 g/mol. The molecule has 0 bridgehead atoms. The second-order valence-corrected chi connectivity index (χ2v) is 8.26. The molecule has 1 fully saturated rings. The summed E-state index contributed by atoms with van der Waals surface area (Å²) in [4.78, 5) is 26.8. The van der Waals surface area contributed by atoms with Gasteiger partial charge in [-0.05, 0) is 56.7 Å². The van der Waals surface area contributed by atoms with Crippen molar-refractivity contribution in [3.63, 3.8) is 0 Å². The third-order valence-corrected chi connectivity index (χ3v) is 5.88. The first kappa shape index (κ1) is 22.9. The Balaban J connectivity index is 1.35. The summed E-state index contributed by atoms with van der Waals surface area (Å²) >= 11 is 0. The van der Waals surface area contributed by atoms with Crippen LogP contribution < -0.4 is 10.2 Å². The van der Waals surface area contributed by atoms with Gasteiger partial charge in [0.25, 0.3) is 11.6 Å². The Bertz CT molecular complexity index is 1140. The van der Waals surface area contributed by atoms with Gasteiger partial charge in [0.05, 0.1) is 0 Å². The van der Waals surface area contributed by atoms with Gasteiger partial charge in [-0.3, -0.25) is 4.79 Å². The van der Waals surface area contributed by atoms with E-state index in [0.29, 0.717) is 29.9 Å². The number of rotatable bonds is 6. The molecule has 8 nitrogen and oxygen atoms in total. The van der Waals surface area contributed by atoms with Gasteiger partial charge >= 0.3 is 6.18 Å². The third-order valence-electron chi connectivity index (χ3n) is 5.88. The number of carbonyl (C=O) groups excluding carboxylic acids is 1. The molecule has 0 aliphatic carbocycles. The van der Waals surface area contributed by atoms with Gasteiger partial charge in [-0.1, -0.05) is 6.07 Å². The summed E-state index contributed by atoms with van der Waals surface area (Å²) in [5, 5.41) is 6.41. The van der Waals surface area contributed by atoms with Gasteiger partial charge in [0, 0.05) is 43.6 Å². The number of fused-ring (bicyclic) bond motifs is 1. The van der Waals surface area contributed by atoms with E-state index in [0.717, 1.165) is 29.0 Å². The van der Waals surface area contributed by atoms with Crippen molar-refractivity contribution in [3.05, 3.63) is 46.7 Å². The van der Waals surface area contributed by atoms with Crippen LogP contribution in [-0.4, -0.2) is 43.6 Å². The maximum atomic E-state index is 12.9. The highest BCUT2D eigenvalue weighted by Crippen LogP contribution is 2.27. The Morgan fingerprint density at radius 1 is 1.12 bits per heavy atom. The lowest BCUT2D eigenvalue weighted by Gasteiger charge is -2.27. The van der Waals surface area contributed by atoms with Crippen LogP contribution in [0.15, 0.2) is 18.3 Å². The van der Waals surface area contributed by atoms with E-state index < -0.39 is 12.0 Å². The maximum Gasteiger partial charge on any atom is 0.453 e. The van der Waals surface area contributed by atoms with Crippen molar-refractivity contribution in [2.24, 2.45) is 0 Å². The lowest BCUT2D eigenvalue weighted by atomic mass is 10.1. The molecule has 1 aliphatic rings. The van der Waals surface area contributed by atoms with Crippen LogP contribution in [0.3, 0.4) is 0 Å². The zero-order valence-electron chi connectivity index (χ0n) is 18.6. The molecule has 3 aromatic rings. The van der Waals surface area contributed by atoms with Crippen molar-refractivity contribution in [2.75, 3.05) is 18.0 Å². The van der Waals surface area contributed by atoms with Gasteiger partial charge < -0.3 is 10.2 Å². The first-order chi connectivity index (χ1) is 15.7. The zero-order chi connectivity index (χ0) is 23.6. The van der Waals surface area contributed by atoms with E-state index in [1.54, 1.807) is 20.0 Å². The number of nitrogens with one attached hydrogen (secondary N) is 1. The van der Waals surface area contributed by atoms with E-state index in [-0.39, 0.29) is 18.1 Å². The molecule has 33 heavy (non-hydrogen) atoms. The van der Waals surface area contributed by atoms with Crippen molar-refractivity contribution < 1.29 is 18.0 Å². The van der Waals surface area contributed by atoms with Crippen molar-refractivity contribution >= 4 is 17.5 Å². The van der Waals surface area contributed by atoms with Crippen molar-refractivity contribution in [1.82, 2.24) is 29.9 Å². The SMILES string of the molecule is Cc1nc2nc(C(F)(F)F)nn2c(C)c1CCC(=O)NCc1ccc(N2CCCCC2)nc1. The summed E-state index contributed by atoms with van der Waals surface area (Å²) in [5.74, 6) is -0.540. The second-order valence-electron chi connectivity index (χ2n) is 8.26. The highest BCUT2D eigenvalue weighted by molar-refractivity contribution is 5.76. The number of halogens is 3. The van der Waals surface area contributed by atoms with Crippen LogP contribution in [0.2, 0.25) is 0 Å². The Kier molecular flexibility index (Phi) is 6.48. The minimum atomic E-state index is -4.64. The lowest BCUT2D eigenvalue weighted by Crippen LogP contribution is -2.30. The van der Waals surface area contributed by atoms with Gasteiger partial charge in [-0.25, -0.2) is 14.5 Å². The van der Waals surface area contributed by atoms with Gasteiger partial charge in [0.2, 0.25) is 5.91 Å². The molecule has 0 spiro atoms. The monoisotopic (exact) mass is 461 g/mol. The van der Waals surface area contributed by atoms with Crippen LogP contribution in [0.4, 0.5) is 19.0 Å². The minimum absolute atomic E-state index is 0.106. The molecule has 11 heteroatoms. The molecule has 0 saturated carbocycles. The molecule has 0 aromatic carbocycles. The summed E-state index contributed by atoms with van der Waals surface area (Å²) in [6, 6.07) is 3.94. The summed E-state index contributed by atoms with van der Waals surface area (Å²) in [5.41, 5.74) is 2.61. The highest BCUT2D eigenvalue weighted by atomic mass is 19.4. The molecule has 4 heterocycles. The number of nitrogens with zero attached hydrogens (tertiary/aromatic N) is 6. The number of carbonyl (C=O) groups is 1. The average molecular weight is 461 g/mol. The predicted molar refractivity (Wildman–Crippen MR) is 116 cm³/mol. The van der Waals surface area contributed by atoms with Gasteiger partial charge in [0.1, 0.15) is 5.82 Å². The van der Waals surface area contributed by atoms with Gasteiger partial charge in [-0.15, -0.1) is 5.10 Å². The van der Waals surface area contributed by atoms with E-state index in [1.165, 1.54) is 19.3 Å². The molecule has 1 saturated heterocycles. The van der Waals surface area contributed by atoms with Crippen molar-refractivity contribution in [3.8, 4) is 0 Å². The molecule has 4 rings (SSSR count). The predicted octanol–water partition coefficient (Wildman–Crippen LogP) is 3.39. The second kappa shape index (κ2) is 9.32. The van der Waals surface area contributed by atoms with E-state index in [2.05, 4.69) is 30.3 Å². The number of aromatic nitrogens is 5. The quantitative estimate of drug-likeness (QED) is 0.606. The van der Waals surface area contributed by atoms with Gasteiger partial charge in [0.15, 0.2) is 0 Å². The van der Waals surface area contributed by atoms with E-state index >= 15 is 0 Å². The van der Waals surface area contributed by atoms with E-state index in [4.69, 9.17) is 0 Å². The molecule has 1 aliphatic heterocycles. The molecule has 0 radical (unpaired) electrons. The summed E-state index contributed by atoms with van der Waals surface area (Å²) in [6.45, 7) is 5.75. The molecule has 0 unspecified atom stereocenters. The molecule has 176 valence electrons. The molecular formula is C22H26F3N7O. The van der Waals surface area contributed by atoms with E-state index in [1.807, 2.05) is 12.1 Å². The van der Waals surface area contributed by atoms with Crippen LogP contribution in [0.1, 0.15) is 54.0 Å². The van der Waals surface area contributed by atoms with Crippen LogP contribution in [0, 0.1) is 13.8 Å². The minimum Gasteiger partial charge on any atom is -0.357 e. The number of alkyl halides is 3. The number of aryl methyl sites for hydroxylation is 2. The largest absolute Gasteiger partial charge is 0.453 e. The Labute approximate surface area is 189 Å². The normalized spacial score (nSPS) is 14.6. The number of anilines is 1. The first-order valence-corrected chi connectivity index (χ1v) is 11.0. The fraction of sp³-hybridized carbons (Fsp3) is 0.500. The van der Waals surface area contributed by atoms with Crippen molar-refractivity contribution in [1.29, 1.82) is 0 Å². The summed E-state index contributed by atoms with van der Waals surface area (Å²) < 4.78 is 39.9. The summed E-state index contributed by atoms with van der Waals surface area (Å²) in [6.07, 6.45) is 1.27. The van der Waals surface area contributed by atoms with Crippen molar-refractivity contribution in [2.45, 2.75) is 58.7 Å². The summed E-state index contributed by atoms with van der Waals surface area (Å²) in [7, 11) is 0. The number of hydrogen-bond acceptors (Lipinski definition) is 6. The van der Waals surface area contributed by atoms with Crippen LogP contribution in [0.25, 0.3) is 5.78 Å². The molecule has 0 atom stereocenters. The number of piperidine rings is 1. The standard InChI is InChI=1S/C22H26F3N7O/c1-14-17(15(2)32-21(28-14)29-20(30-32)22(23,24)25)7-9-19(33)27-13-16-6-8-18(26-12-16)31-10-4-3-5-11-31/h6,8,12H,3-5,7,9-11,13H2,1-2H3,(H,27,33). The van der Waals surface area contributed by atoms with Crippen LogP contribution in [-0.2, 0) is 23.9 Å². The number of hydrogen-bond donors (Lipinski definition) is 1. The van der Waals surface area contributed by atoms with Crippen LogP contribution in [0.5, 0.6) is 0 Å². The molecule has 1 amide bonds. The fourth-order valence-corrected chi connectivity index (χ4v) is 4.05. The first-order valence-electron chi connectivity index (χ1n) is 11.0. The Hall–Kier alpha value is -3.24. The third kappa shape index (κ3) is 5.23. The Morgan fingerprint density at radius 3 is 2.55 bits per heavy atom.